The largest absolute Gasteiger partial charge is 0.384 e. The van der Waals surface area contributed by atoms with Gasteiger partial charge in [-0.15, -0.1) is 0 Å². The summed E-state index contributed by atoms with van der Waals surface area (Å²) in [6.07, 6.45) is 0.359. The summed E-state index contributed by atoms with van der Waals surface area (Å²) < 4.78 is 0. The van der Waals surface area contributed by atoms with Crippen molar-refractivity contribution in [2.45, 2.75) is 20.3 Å². The zero-order chi connectivity index (χ0) is 16.7. The Kier molecular flexibility index (Phi) is 5.74. The molecule has 5 heteroatoms. The molecule has 2 rings (SSSR count). The number of aryl methyl sites for hydroxylation is 1. The van der Waals surface area contributed by atoms with Crippen molar-refractivity contribution in [2.75, 3.05) is 22.5 Å². The molecular formula is C18H21N3O2. The molecule has 0 aliphatic heterocycles. The molecule has 0 unspecified atom stereocenters. The molecule has 2 aromatic carbocycles. The molecule has 2 amide bonds. The zero-order valence-electron chi connectivity index (χ0n) is 13.3. The molecule has 0 spiro atoms. The minimum atomic E-state index is -0.111. The average molecular weight is 311 g/mol. The fourth-order valence-electron chi connectivity index (χ4n) is 2.09. The van der Waals surface area contributed by atoms with Crippen LogP contribution in [0, 0.1) is 6.92 Å². The van der Waals surface area contributed by atoms with Crippen LogP contribution in [-0.4, -0.2) is 18.4 Å². The molecule has 2 aromatic rings. The lowest BCUT2D eigenvalue weighted by Gasteiger charge is -2.09. The van der Waals surface area contributed by atoms with E-state index in [1.807, 2.05) is 55.5 Å². The van der Waals surface area contributed by atoms with Crippen LogP contribution in [0.3, 0.4) is 0 Å². The van der Waals surface area contributed by atoms with Gasteiger partial charge in [0.2, 0.25) is 11.8 Å². The Morgan fingerprint density at radius 1 is 0.913 bits per heavy atom. The molecule has 0 fully saturated rings. The van der Waals surface area contributed by atoms with Crippen molar-refractivity contribution in [2.24, 2.45) is 0 Å². The molecule has 0 saturated carbocycles. The van der Waals surface area contributed by atoms with E-state index in [2.05, 4.69) is 16.0 Å². The number of hydrogen-bond acceptors (Lipinski definition) is 3. The van der Waals surface area contributed by atoms with Crippen molar-refractivity contribution in [3.05, 3.63) is 54.1 Å². The molecule has 5 nitrogen and oxygen atoms in total. The molecule has 120 valence electrons. The Morgan fingerprint density at radius 3 is 2.30 bits per heavy atom. The molecule has 0 aromatic heterocycles. The molecule has 0 radical (unpaired) electrons. The SMILES string of the molecule is CC(=O)Nc1cccc(NCCC(=O)Nc2ccc(C)cc2)c1. The minimum absolute atomic E-state index is 0.0423. The van der Waals surface area contributed by atoms with E-state index < -0.39 is 0 Å². The summed E-state index contributed by atoms with van der Waals surface area (Å²) in [6, 6.07) is 15.1. The zero-order valence-corrected chi connectivity index (χ0v) is 13.3. The number of rotatable bonds is 6. The number of anilines is 3. The number of benzene rings is 2. The first-order valence-corrected chi connectivity index (χ1v) is 7.51. The van der Waals surface area contributed by atoms with Gasteiger partial charge in [-0.2, -0.15) is 0 Å². The van der Waals surface area contributed by atoms with Crippen molar-refractivity contribution in [3.63, 3.8) is 0 Å². The molecule has 0 aliphatic rings. The van der Waals surface area contributed by atoms with Crippen LogP contribution in [0.4, 0.5) is 17.1 Å². The summed E-state index contributed by atoms with van der Waals surface area (Å²) in [4.78, 5) is 22.9. The highest BCUT2D eigenvalue weighted by Crippen LogP contribution is 2.15. The third kappa shape index (κ3) is 5.82. The maximum absolute atomic E-state index is 11.9. The highest BCUT2D eigenvalue weighted by molar-refractivity contribution is 5.91. The van der Waals surface area contributed by atoms with Gasteiger partial charge in [-0.25, -0.2) is 0 Å². The van der Waals surface area contributed by atoms with E-state index in [1.54, 1.807) is 0 Å². The van der Waals surface area contributed by atoms with Gasteiger partial charge in [-0.1, -0.05) is 23.8 Å². The summed E-state index contributed by atoms with van der Waals surface area (Å²) in [6.45, 7) is 3.99. The van der Waals surface area contributed by atoms with Gasteiger partial charge in [0.15, 0.2) is 0 Å². The second-order valence-corrected chi connectivity index (χ2v) is 5.35. The van der Waals surface area contributed by atoms with Gasteiger partial charge in [0.25, 0.3) is 0 Å². The molecule has 0 heterocycles. The minimum Gasteiger partial charge on any atom is -0.384 e. The monoisotopic (exact) mass is 311 g/mol. The second-order valence-electron chi connectivity index (χ2n) is 5.35. The molecule has 0 saturated heterocycles. The van der Waals surface area contributed by atoms with Crippen LogP contribution in [-0.2, 0) is 9.59 Å². The average Bonchev–Trinajstić information content (AvgIpc) is 2.49. The number of amides is 2. The van der Waals surface area contributed by atoms with E-state index in [4.69, 9.17) is 0 Å². The van der Waals surface area contributed by atoms with Crippen molar-refractivity contribution >= 4 is 28.9 Å². The molecule has 0 aliphatic carbocycles. The van der Waals surface area contributed by atoms with Crippen LogP contribution < -0.4 is 16.0 Å². The van der Waals surface area contributed by atoms with Crippen molar-refractivity contribution < 1.29 is 9.59 Å². The second kappa shape index (κ2) is 7.98. The van der Waals surface area contributed by atoms with Crippen molar-refractivity contribution in [3.8, 4) is 0 Å². The Morgan fingerprint density at radius 2 is 1.61 bits per heavy atom. The van der Waals surface area contributed by atoms with E-state index in [0.29, 0.717) is 13.0 Å². The standard InChI is InChI=1S/C18H21N3O2/c1-13-6-8-15(9-7-13)21-18(23)10-11-19-16-4-3-5-17(12-16)20-14(2)22/h3-9,12,19H,10-11H2,1-2H3,(H,20,22)(H,21,23). The first-order chi connectivity index (χ1) is 11.0. The van der Waals surface area contributed by atoms with Gasteiger partial charge in [-0.3, -0.25) is 9.59 Å². The lowest BCUT2D eigenvalue weighted by Crippen LogP contribution is -2.16. The van der Waals surface area contributed by atoms with Crippen LogP contribution in [0.5, 0.6) is 0 Å². The van der Waals surface area contributed by atoms with E-state index >= 15 is 0 Å². The normalized spacial score (nSPS) is 10.0. The van der Waals surface area contributed by atoms with Gasteiger partial charge >= 0.3 is 0 Å². The van der Waals surface area contributed by atoms with Crippen molar-refractivity contribution in [1.29, 1.82) is 0 Å². The Hall–Kier alpha value is -2.82. The summed E-state index contributed by atoms with van der Waals surface area (Å²) in [5, 5.41) is 8.75. The van der Waals surface area contributed by atoms with Crippen molar-refractivity contribution in [1.82, 2.24) is 0 Å². The van der Waals surface area contributed by atoms with Crippen LogP contribution >= 0.6 is 0 Å². The Labute approximate surface area is 136 Å². The predicted molar refractivity (Wildman–Crippen MR) is 93.7 cm³/mol. The van der Waals surface area contributed by atoms with E-state index in [9.17, 15) is 9.59 Å². The lowest BCUT2D eigenvalue weighted by molar-refractivity contribution is -0.116. The van der Waals surface area contributed by atoms with E-state index in [1.165, 1.54) is 6.92 Å². The molecule has 3 N–H and O–H groups in total. The van der Waals surface area contributed by atoms with Crippen LogP contribution in [0.15, 0.2) is 48.5 Å². The van der Waals surface area contributed by atoms with Gasteiger partial charge < -0.3 is 16.0 Å². The van der Waals surface area contributed by atoms with Crippen LogP contribution in [0.1, 0.15) is 18.9 Å². The predicted octanol–water partition coefficient (Wildman–Crippen LogP) is 3.39. The first kappa shape index (κ1) is 16.5. The number of nitrogens with one attached hydrogen (secondary N) is 3. The fraction of sp³-hybridized carbons (Fsp3) is 0.222. The van der Waals surface area contributed by atoms with Crippen LogP contribution in [0.25, 0.3) is 0 Å². The highest BCUT2D eigenvalue weighted by Gasteiger charge is 2.03. The maximum atomic E-state index is 11.9. The highest BCUT2D eigenvalue weighted by atomic mass is 16.2. The topological polar surface area (TPSA) is 70.2 Å². The van der Waals surface area contributed by atoms with E-state index in [-0.39, 0.29) is 11.8 Å². The third-order valence-electron chi connectivity index (χ3n) is 3.20. The number of carbonyl (C=O) groups excluding carboxylic acids is 2. The Bertz CT molecular complexity index is 681. The maximum Gasteiger partial charge on any atom is 0.226 e. The quantitative estimate of drug-likeness (QED) is 0.766. The summed E-state index contributed by atoms with van der Waals surface area (Å²) in [5.74, 6) is -0.154. The van der Waals surface area contributed by atoms with Gasteiger partial charge in [0.1, 0.15) is 0 Å². The number of hydrogen-bond donors (Lipinski definition) is 3. The fourth-order valence-corrected chi connectivity index (χ4v) is 2.09. The molecule has 0 bridgehead atoms. The number of carbonyl (C=O) groups is 2. The third-order valence-corrected chi connectivity index (χ3v) is 3.20. The summed E-state index contributed by atoms with van der Waals surface area (Å²) >= 11 is 0. The molecule has 0 atom stereocenters. The molecule has 23 heavy (non-hydrogen) atoms. The summed E-state index contributed by atoms with van der Waals surface area (Å²) in [7, 11) is 0. The van der Waals surface area contributed by atoms with Gasteiger partial charge in [0.05, 0.1) is 0 Å². The van der Waals surface area contributed by atoms with Gasteiger partial charge in [0, 0.05) is 37.0 Å². The van der Waals surface area contributed by atoms with Gasteiger partial charge in [-0.05, 0) is 37.3 Å². The van der Waals surface area contributed by atoms with E-state index in [0.717, 1.165) is 22.6 Å². The first-order valence-electron chi connectivity index (χ1n) is 7.51. The Balaban J connectivity index is 1.79. The molecular weight excluding hydrogens is 290 g/mol. The van der Waals surface area contributed by atoms with Crippen LogP contribution in [0.2, 0.25) is 0 Å². The summed E-state index contributed by atoms with van der Waals surface area (Å²) in [5.41, 5.74) is 3.54. The lowest BCUT2D eigenvalue weighted by atomic mass is 10.2. The smallest absolute Gasteiger partial charge is 0.226 e.